The molecule has 0 aromatic rings. The zero-order valence-electron chi connectivity index (χ0n) is 13.3. The number of ether oxygens (including phenoxy) is 1. The van der Waals surface area contributed by atoms with Crippen LogP contribution in [-0.4, -0.2) is 59.7 Å². The number of hydrogen-bond acceptors (Lipinski definition) is 4. The molecule has 0 aliphatic carbocycles. The molecular formula is C13H28N2O3Si. The lowest BCUT2D eigenvalue weighted by molar-refractivity contribution is 0.0230. The summed E-state index contributed by atoms with van der Waals surface area (Å²) in [4.78, 5) is 15.4. The highest BCUT2D eigenvalue weighted by molar-refractivity contribution is 5.99. The number of rotatable bonds is 1. The Morgan fingerprint density at radius 1 is 1.37 bits per heavy atom. The van der Waals surface area contributed by atoms with E-state index in [1.165, 1.54) is 0 Å². The normalized spacial score (nSPS) is 15.5. The predicted octanol–water partition coefficient (Wildman–Crippen LogP) is 1.33. The van der Waals surface area contributed by atoms with Gasteiger partial charge in [-0.05, 0) is 60.8 Å². The first-order valence-electron chi connectivity index (χ1n) is 6.53. The third-order valence-electron chi connectivity index (χ3n) is 1.99. The van der Waals surface area contributed by atoms with Crippen LogP contribution in [0, 0.1) is 0 Å². The molecule has 0 atom stereocenters. The highest BCUT2D eigenvalue weighted by Gasteiger charge is 2.26. The molecule has 0 unspecified atom stereocenters. The zero-order chi connectivity index (χ0) is 15.1. The van der Waals surface area contributed by atoms with E-state index in [2.05, 4.69) is 0 Å². The molecule has 0 saturated heterocycles. The minimum atomic E-state index is -0.454. The number of carbonyl (C=O) groups excluding carboxylic acids is 1. The van der Waals surface area contributed by atoms with Gasteiger partial charge in [0.1, 0.15) is 5.60 Å². The third kappa shape index (κ3) is 8.66. The van der Waals surface area contributed by atoms with Gasteiger partial charge in [-0.2, -0.15) is 0 Å². The van der Waals surface area contributed by atoms with Crippen LogP contribution in [0.15, 0.2) is 12.0 Å². The monoisotopic (exact) mass is 288 g/mol. The van der Waals surface area contributed by atoms with Crippen molar-refractivity contribution in [2.75, 3.05) is 27.7 Å². The lowest BCUT2D eigenvalue weighted by Crippen LogP contribution is -2.38. The van der Waals surface area contributed by atoms with Crippen LogP contribution in [0.1, 0.15) is 33.6 Å². The molecule has 112 valence electrons. The SMILES string of the molecule is CC(C)(C)OC(=O)N1CCCC=C1O[SiH3].CN(C)C. The molecule has 0 aromatic carbocycles. The maximum absolute atomic E-state index is 11.8. The van der Waals surface area contributed by atoms with Crippen LogP contribution < -0.4 is 0 Å². The van der Waals surface area contributed by atoms with Gasteiger partial charge in [-0.25, -0.2) is 9.69 Å². The van der Waals surface area contributed by atoms with Crippen LogP contribution >= 0.6 is 0 Å². The standard InChI is InChI=1S/C10H19NO3Si.C3H9N/c1-10(2,3)13-9(12)11-7-5-4-6-8(11)14-15;1-4(2)3/h6H,4-5,7H2,1-3,15H3;1-3H3. The van der Waals surface area contributed by atoms with Gasteiger partial charge in [-0.3, -0.25) is 0 Å². The molecule has 0 spiro atoms. The van der Waals surface area contributed by atoms with Gasteiger partial charge in [0, 0.05) is 6.54 Å². The van der Waals surface area contributed by atoms with E-state index < -0.39 is 5.60 Å². The molecule has 1 aliphatic heterocycles. The smallest absolute Gasteiger partial charge is 0.417 e. The summed E-state index contributed by atoms with van der Waals surface area (Å²) >= 11 is 0. The molecule has 0 aromatic heterocycles. The van der Waals surface area contributed by atoms with E-state index in [0.29, 0.717) is 22.9 Å². The van der Waals surface area contributed by atoms with Crippen molar-refractivity contribution < 1.29 is 14.0 Å². The Labute approximate surface area is 120 Å². The maximum Gasteiger partial charge on any atom is 0.417 e. The summed E-state index contributed by atoms with van der Waals surface area (Å²) in [5, 5.41) is 0. The average molecular weight is 288 g/mol. The fraction of sp³-hybridized carbons (Fsp3) is 0.769. The molecule has 1 heterocycles. The third-order valence-corrected chi connectivity index (χ3v) is 2.41. The van der Waals surface area contributed by atoms with E-state index in [-0.39, 0.29) is 6.09 Å². The van der Waals surface area contributed by atoms with Crippen molar-refractivity contribution in [3.05, 3.63) is 12.0 Å². The highest BCUT2D eigenvalue weighted by atomic mass is 28.2. The largest absolute Gasteiger partial charge is 0.542 e. The summed E-state index contributed by atoms with van der Waals surface area (Å²) in [6.45, 7) is 6.27. The molecule has 0 radical (unpaired) electrons. The first-order valence-corrected chi connectivity index (χ1v) is 7.34. The second-order valence-corrected chi connectivity index (χ2v) is 6.27. The molecule has 0 bridgehead atoms. The Morgan fingerprint density at radius 3 is 2.32 bits per heavy atom. The van der Waals surface area contributed by atoms with E-state index in [1.807, 2.05) is 52.9 Å². The molecule has 1 rings (SSSR count). The minimum absolute atomic E-state index is 0.315. The Balaban J connectivity index is 0.000000711. The second kappa shape index (κ2) is 8.22. The van der Waals surface area contributed by atoms with E-state index in [4.69, 9.17) is 9.16 Å². The number of hydrogen-bond donors (Lipinski definition) is 0. The van der Waals surface area contributed by atoms with E-state index in [0.717, 1.165) is 12.8 Å². The van der Waals surface area contributed by atoms with Crippen molar-refractivity contribution in [1.82, 2.24) is 9.80 Å². The number of carbonyl (C=O) groups is 1. The molecule has 19 heavy (non-hydrogen) atoms. The fourth-order valence-electron chi connectivity index (χ4n) is 1.39. The van der Waals surface area contributed by atoms with Crippen LogP contribution in [0.5, 0.6) is 0 Å². The van der Waals surface area contributed by atoms with Gasteiger partial charge in [0.2, 0.25) is 10.5 Å². The molecule has 1 aliphatic rings. The fourth-order valence-corrected chi connectivity index (χ4v) is 1.77. The van der Waals surface area contributed by atoms with Gasteiger partial charge < -0.3 is 14.1 Å². The first kappa shape index (κ1) is 18.0. The summed E-state index contributed by atoms with van der Waals surface area (Å²) < 4.78 is 10.6. The minimum Gasteiger partial charge on any atom is -0.542 e. The van der Waals surface area contributed by atoms with Gasteiger partial charge in [0.25, 0.3) is 0 Å². The highest BCUT2D eigenvalue weighted by Crippen LogP contribution is 2.18. The Bertz CT molecular complexity index is 309. The van der Waals surface area contributed by atoms with E-state index >= 15 is 0 Å². The molecule has 1 amide bonds. The summed E-state index contributed by atoms with van der Waals surface area (Å²) in [6.07, 6.45) is 3.56. The van der Waals surface area contributed by atoms with Gasteiger partial charge in [-0.1, -0.05) is 0 Å². The summed E-state index contributed by atoms with van der Waals surface area (Å²) in [7, 11) is 6.59. The van der Waals surface area contributed by atoms with E-state index in [9.17, 15) is 4.79 Å². The first-order chi connectivity index (χ1) is 8.67. The lowest BCUT2D eigenvalue weighted by Gasteiger charge is -2.30. The van der Waals surface area contributed by atoms with Crippen molar-refractivity contribution in [1.29, 1.82) is 0 Å². The predicted molar refractivity (Wildman–Crippen MR) is 80.9 cm³/mol. The van der Waals surface area contributed by atoms with Gasteiger partial charge >= 0.3 is 6.09 Å². The van der Waals surface area contributed by atoms with Gasteiger partial charge in [0.15, 0.2) is 5.88 Å². The Kier molecular flexibility index (Phi) is 7.78. The summed E-state index contributed by atoms with van der Waals surface area (Å²) in [5.74, 6) is 0.655. The van der Waals surface area contributed by atoms with Crippen LogP contribution in [0.25, 0.3) is 0 Å². The average Bonchev–Trinajstić information content (AvgIpc) is 2.26. The van der Waals surface area contributed by atoms with Gasteiger partial charge in [-0.15, -0.1) is 0 Å². The molecule has 0 saturated carbocycles. The number of nitrogens with zero attached hydrogens (tertiary/aromatic N) is 2. The van der Waals surface area contributed by atoms with Crippen molar-refractivity contribution in [3.63, 3.8) is 0 Å². The topological polar surface area (TPSA) is 42.0 Å². The van der Waals surface area contributed by atoms with Crippen molar-refractivity contribution >= 4 is 16.6 Å². The van der Waals surface area contributed by atoms with Crippen LogP contribution in [0.4, 0.5) is 4.79 Å². The number of amides is 1. The molecule has 0 N–H and O–H groups in total. The van der Waals surface area contributed by atoms with Gasteiger partial charge in [0.05, 0.1) is 0 Å². The second-order valence-electron chi connectivity index (χ2n) is 5.86. The number of allylic oxidation sites excluding steroid dienone is 1. The van der Waals surface area contributed by atoms with Crippen molar-refractivity contribution in [2.24, 2.45) is 0 Å². The Hall–Kier alpha value is -1.01. The van der Waals surface area contributed by atoms with Crippen LogP contribution in [-0.2, 0) is 9.16 Å². The molecular weight excluding hydrogens is 260 g/mol. The van der Waals surface area contributed by atoms with Crippen molar-refractivity contribution in [2.45, 2.75) is 39.2 Å². The Morgan fingerprint density at radius 2 is 1.89 bits per heavy atom. The molecule has 5 nitrogen and oxygen atoms in total. The summed E-state index contributed by atoms with van der Waals surface area (Å²) in [5.41, 5.74) is -0.454. The quantitative estimate of drug-likeness (QED) is 0.683. The maximum atomic E-state index is 11.8. The molecule has 0 fully saturated rings. The zero-order valence-corrected chi connectivity index (χ0v) is 15.3. The summed E-state index contributed by atoms with van der Waals surface area (Å²) in [6, 6.07) is 0. The van der Waals surface area contributed by atoms with Crippen LogP contribution in [0.3, 0.4) is 0 Å². The van der Waals surface area contributed by atoms with E-state index in [1.54, 1.807) is 4.90 Å². The van der Waals surface area contributed by atoms with Crippen molar-refractivity contribution in [3.8, 4) is 0 Å². The van der Waals surface area contributed by atoms with Crippen LogP contribution in [0.2, 0.25) is 0 Å². The lowest BCUT2D eigenvalue weighted by atomic mass is 10.2. The molecule has 6 heteroatoms.